The molecule has 0 spiro atoms. The van der Waals surface area contributed by atoms with Crippen LogP contribution in [0.4, 0.5) is 0 Å². The van der Waals surface area contributed by atoms with Gasteiger partial charge in [-0.05, 0) is 6.92 Å². The van der Waals surface area contributed by atoms with E-state index in [9.17, 15) is 17.4 Å². The molecule has 0 bridgehead atoms. The predicted octanol–water partition coefficient (Wildman–Crippen LogP) is 0.0392. The van der Waals surface area contributed by atoms with Crippen LogP contribution in [-0.4, -0.2) is 52.6 Å². The lowest BCUT2D eigenvalue weighted by Gasteiger charge is -2.25. The monoisotopic (exact) mass is 307 g/mol. The molecule has 1 aliphatic rings. The van der Waals surface area contributed by atoms with Crippen molar-refractivity contribution in [1.82, 2.24) is 4.31 Å². The second-order valence-corrected chi connectivity index (χ2v) is 7.69. The lowest BCUT2D eigenvalue weighted by Crippen LogP contribution is -2.41. The molecule has 1 N–H and O–H groups in total. The standard InChI is InChI=1S/C10H13NO6S2/c1-7-9(6-8(17-7)10(12)13)19(15,16)11-2-4-18(14)5-3-11/h6H,2-5H2,1H3,(H,12,13). The lowest BCUT2D eigenvalue weighted by molar-refractivity contribution is 0.0661. The van der Waals surface area contributed by atoms with Crippen LogP contribution in [-0.2, 0) is 20.8 Å². The first kappa shape index (κ1) is 14.2. The van der Waals surface area contributed by atoms with Crippen LogP contribution in [0, 0.1) is 6.92 Å². The molecule has 1 aromatic rings. The van der Waals surface area contributed by atoms with Crippen LogP contribution in [0.1, 0.15) is 16.3 Å². The molecule has 2 rings (SSSR count). The van der Waals surface area contributed by atoms with E-state index in [1.165, 1.54) is 11.2 Å². The Labute approximate surface area is 112 Å². The number of rotatable bonds is 3. The van der Waals surface area contributed by atoms with Gasteiger partial charge in [-0.2, -0.15) is 4.31 Å². The number of nitrogens with zero attached hydrogens (tertiary/aromatic N) is 1. The van der Waals surface area contributed by atoms with Gasteiger partial charge in [0.15, 0.2) is 0 Å². The molecule has 19 heavy (non-hydrogen) atoms. The van der Waals surface area contributed by atoms with Crippen LogP contribution in [0.2, 0.25) is 0 Å². The van der Waals surface area contributed by atoms with E-state index >= 15 is 0 Å². The molecule has 106 valence electrons. The fourth-order valence-electron chi connectivity index (χ4n) is 1.83. The maximum Gasteiger partial charge on any atom is 0.371 e. The maximum absolute atomic E-state index is 12.3. The molecule has 7 nitrogen and oxygen atoms in total. The summed E-state index contributed by atoms with van der Waals surface area (Å²) in [6.45, 7) is 1.74. The number of furan rings is 1. The van der Waals surface area contributed by atoms with Crippen molar-refractivity contribution in [2.75, 3.05) is 24.6 Å². The van der Waals surface area contributed by atoms with Gasteiger partial charge in [-0.3, -0.25) is 4.21 Å². The molecule has 0 unspecified atom stereocenters. The van der Waals surface area contributed by atoms with E-state index in [2.05, 4.69) is 0 Å². The van der Waals surface area contributed by atoms with E-state index in [1.54, 1.807) is 0 Å². The van der Waals surface area contributed by atoms with Crippen LogP contribution in [0.3, 0.4) is 0 Å². The lowest BCUT2D eigenvalue weighted by atomic mass is 10.4. The Hall–Kier alpha value is -1.19. The Balaban J connectivity index is 2.34. The number of carboxylic acids is 1. The molecule has 1 aromatic heterocycles. The predicted molar refractivity (Wildman–Crippen MR) is 67.0 cm³/mol. The molecule has 0 aliphatic carbocycles. The Bertz CT molecular complexity index is 622. The molecule has 2 heterocycles. The summed E-state index contributed by atoms with van der Waals surface area (Å²) in [6.07, 6.45) is 0. The van der Waals surface area contributed by atoms with Crippen molar-refractivity contribution in [3.63, 3.8) is 0 Å². The maximum atomic E-state index is 12.3. The molecule has 1 saturated heterocycles. The summed E-state index contributed by atoms with van der Waals surface area (Å²) < 4.78 is 42.0. The quantitative estimate of drug-likeness (QED) is 0.845. The fraction of sp³-hybridized carbons (Fsp3) is 0.500. The highest BCUT2D eigenvalue weighted by Crippen LogP contribution is 2.24. The molecule has 0 radical (unpaired) electrons. The summed E-state index contributed by atoms with van der Waals surface area (Å²) in [6, 6.07) is 1.01. The van der Waals surface area contributed by atoms with Crippen molar-refractivity contribution in [1.29, 1.82) is 0 Å². The van der Waals surface area contributed by atoms with Gasteiger partial charge < -0.3 is 9.52 Å². The van der Waals surface area contributed by atoms with E-state index in [-0.39, 0.29) is 23.7 Å². The Morgan fingerprint density at radius 3 is 2.47 bits per heavy atom. The molecule has 0 saturated carbocycles. The van der Waals surface area contributed by atoms with Gasteiger partial charge in [0.05, 0.1) is 0 Å². The third kappa shape index (κ3) is 2.72. The van der Waals surface area contributed by atoms with Crippen LogP contribution in [0.5, 0.6) is 0 Å². The number of aromatic carboxylic acids is 1. The first-order chi connectivity index (χ1) is 8.82. The molecule has 9 heteroatoms. The largest absolute Gasteiger partial charge is 0.475 e. The number of aryl methyl sites for hydroxylation is 1. The van der Waals surface area contributed by atoms with Crippen molar-refractivity contribution in [3.8, 4) is 0 Å². The first-order valence-electron chi connectivity index (χ1n) is 5.51. The average Bonchev–Trinajstić information content (AvgIpc) is 2.73. The van der Waals surface area contributed by atoms with Crippen molar-refractivity contribution in [3.05, 3.63) is 17.6 Å². The number of carbonyl (C=O) groups is 1. The second-order valence-electron chi connectivity index (χ2n) is 4.09. The molecule has 0 atom stereocenters. The first-order valence-corrected chi connectivity index (χ1v) is 8.44. The van der Waals surface area contributed by atoms with Gasteiger partial charge in [0.25, 0.3) is 0 Å². The number of sulfonamides is 1. The highest BCUT2D eigenvalue weighted by atomic mass is 32.2. The van der Waals surface area contributed by atoms with E-state index in [1.807, 2.05) is 0 Å². The smallest absolute Gasteiger partial charge is 0.371 e. The fourth-order valence-corrected chi connectivity index (χ4v) is 4.71. The van der Waals surface area contributed by atoms with Crippen LogP contribution in [0.15, 0.2) is 15.4 Å². The van der Waals surface area contributed by atoms with E-state index in [0.29, 0.717) is 11.5 Å². The second kappa shape index (κ2) is 5.06. The zero-order chi connectivity index (χ0) is 14.2. The van der Waals surface area contributed by atoms with Gasteiger partial charge >= 0.3 is 5.97 Å². The third-order valence-electron chi connectivity index (χ3n) is 2.84. The topological polar surface area (TPSA) is 105 Å². The normalized spacial score (nSPS) is 18.6. The Morgan fingerprint density at radius 1 is 1.42 bits per heavy atom. The van der Waals surface area contributed by atoms with Crippen molar-refractivity contribution < 1.29 is 26.9 Å². The zero-order valence-electron chi connectivity index (χ0n) is 10.2. The third-order valence-corrected chi connectivity index (χ3v) is 6.12. The highest BCUT2D eigenvalue weighted by molar-refractivity contribution is 7.89. The van der Waals surface area contributed by atoms with Gasteiger partial charge in [-0.25, -0.2) is 13.2 Å². The van der Waals surface area contributed by atoms with Crippen molar-refractivity contribution in [2.24, 2.45) is 0 Å². The number of hydrogen-bond acceptors (Lipinski definition) is 5. The molecular weight excluding hydrogens is 294 g/mol. The summed E-state index contributed by atoms with van der Waals surface area (Å²) in [7, 11) is -4.77. The van der Waals surface area contributed by atoms with E-state index in [0.717, 1.165) is 6.07 Å². The minimum Gasteiger partial charge on any atom is -0.475 e. The Morgan fingerprint density at radius 2 is 2.00 bits per heavy atom. The summed E-state index contributed by atoms with van der Waals surface area (Å²) in [5.41, 5.74) is 0. The molecule has 0 aromatic carbocycles. The zero-order valence-corrected chi connectivity index (χ0v) is 11.8. The summed E-state index contributed by atoms with van der Waals surface area (Å²) in [5, 5.41) is 8.79. The Kier molecular flexibility index (Phi) is 3.79. The summed E-state index contributed by atoms with van der Waals surface area (Å²) >= 11 is 0. The van der Waals surface area contributed by atoms with Crippen molar-refractivity contribution in [2.45, 2.75) is 11.8 Å². The molecule has 0 amide bonds. The molecule has 1 fully saturated rings. The van der Waals surface area contributed by atoms with Crippen LogP contribution in [0.25, 0.3) is 0 Å². The van der Waals surface area contributed by atoms with Crippen molar-refractivity contribution >= 4 is 26.8 Å². The average molecular weight is 307 g/mol. The van der Waals surface area contributed by atoms with Gasteiger partial charge in [-0.1, -0.05) is 0 Å². The van der Waals surface area contributed by atoms with Gasteiger partial charge in [0.1, 0.15) is 10.7 Å². The number of hydrogen-bond donors (Lipinski definition) is 1. The minimum absolute atomic E-state index is 0.0455. The van der Waals surface area contributed by atoms with Crippen LogP contribution < -0.4 is 0 Å². The summed E-state index contributed by atoms with van der Waals surface area (Å²) in [4.78, 5) is 10.6. The summed E-state index contributed by atoms with van der Waals surface area (Å²) in [5.74, 6) is -1.09. The number of carboxylic acid groups (broad SMARTS) is 1. The van der Waals surface area contributed by atoms with Gasteiger partial charge in [-0.15, -0.1) is 0 Å². The SMILES string of the molecule is Cc1oc(C(=O)O)cc1S(=O)(=O)N1CCS(=O)CC1. The van der Waals surface area contributed by atoms with E-state index in [4.69, 9.17) is 9.52 Å². The van der Waals surface area contributed by atoms with E-state index < -0.39 is 32.6 Å². The van der Waals surface area contributed by atoms with Crippen LogP contribution >= 0.6 is 0 Å². The molecule has 1 aliphatic heterocycles. The van der Waals surface area contributed by atoms with Gasteiger partial charge in [0.2, 0.25) is 15.8 Å². The molecular formula is C10H13NO6S2. The van der Waals surface area contributed by atoms with Gasteiger partial charge in [0, 0.05) is 41.5 Å². The highest BCUT2D eigenvalue weighted by Gasteiger charge is 2.32. The minimum atomic E-state index is -3.79.